The summed E-state index contributed by atoms with van der Waals surface area (Å²) in [6, 6.07) is 11.8. The average molecular weight is 439 g/mol. The monoisotopic (exact) mass is 438 g/mol. The number of carbonyl (C=O) groups is 1. The number of rotatable bonds is 6. The van der Waals surface area contributed by atoms with Gasteiger partial charge in [-0.1, -0.05) is 52.8 Å². The minimum Gasteiger partial charge on any atom is -0.449 e. The molecule has 2 aromatic heterocycles. The molecule has 7 nitrogen and oxygen atoms in total. The number of fused-ring (bicyclic) bond motifs is 1. The largest absolute Gasteiger partial charge is 0.449 e. The Balaban J connectivity index is 1.87. The van der Waals surface area contributed by atoms with E-state index in [0.29, 0.717) is 31.3 Å². The minimum atomic E-state index is -0.334. The number of aryl methyl sites for hydroxylation is 1. The van der Waals surface area contributed by atoms with Gasteiger partial charge in [0.25, 0.3) is 0 Å². The van der Waals surface area contributed by atoms with Gasteiger partial charge in [0, 0.05) is 32.7 Å². The fraction of sp³-hybridized carbons (Fsp3) is 0.480. The number of hydrogen-bond acceptors (Lipinski definition) is 4. The predicted octanol–water partition coefficient (Wildman–Crippen LogP) is 4.67. The molecule has 0 saturated heterocycles. The van der Waals surface area contributed by atoms with Crippen molar-refractivity contribution in [1.82, 2.24) is 19.0 Å². The molecule has 0 spiro atoms. The first-order valence-corrected chi connectivity index (χ1v) is 11.0. The van der Waals surface area contributed by atoms with Crippen molar-refractivity contribution in [3.05, 3.63) is 52.4 Å². The van der Waals surface area contributed by atoms with Crippen LogP contribution in [0.25, 0.3) is 22.4 Å². The van der Waals surface area contributed by atoms with Crippen LogP contribution in [0.15, 0.2) is 41.2 Å². The molecule has 7 heteroatoms. The van der Waals surface area contributed by atoms with Gasteiger partial charge in [0.2, 0.25) is 0 Å². The number of pyridine rings is 1. The van der Waals surface area contributed by atoms with Crippen molar-refractivity contribution in [2.24, 2.45) is 18.4 Å². The van der Waals surface area contributed by atoms with Gasteiger partial charge in [-0.15, -0.1) is 0 Å². The molecule has 0 saturated carbocycles. The summed E-state index contributed by atoms with van der Waals surface area (Å²) < 4.78 is 8.70. The number of ether oxygens (including phenoxy) is 1. The highest BCUT2D eigenvalue weighted by molar-refractivity contribution is 5.76. The lowest BCUT2D eigenvalue weighted by atomic mass is 9.97. The van der Waals surface area contributed by atoms with E-state index in [9.17, 15) is 9.59 Å². The summed E-state index contributed by atoms with van der Waals surface area (Å²) >= 11 is 0. The summed E-state index contributed by atoms with van der Waals surface area (Å²) in [6.07, 6.45) is -0.334. The van der Waals surface area contributed by atoms with Crippen molar-refractivity contribution in [2.45, 2.75) is 47.7 Å². The molecule has 1 aromatic carbocycles. The van der Waals surface area contributed by atoms with Crippen molar-refractivity contribution in [2.75, 3.05) is 13.7 Å². The molecular weight excluding hydrogens is 404 g/mol. The summed E-state index contributed by atoms with van der Waals surface area (Å²) in [5.74, 6) is 0.297. The summed E-state index contributed by atoms with van der Waals surface area (Å²) in [5, 5.41) is 0. The first-order valence-electron chi connectivity index (χ1n) is 11.0. The number of imidazole rings is 1. The normalized spacial score (nSPS) is 11.9. The van der Waals surface area contributed by atoms with Gasteiger partial charge in [0.1, 0.15) is 0 Å². The van der Waals surface area contributed by atoms with E-state index in [4.69, 9.17) is 9.72 Å². The fourth-order valence-corrected chi connectivity index (χ4v) is 3.58. The maximum Gasteiger partial charge on any atom is 0.409 e. The van der Waals surface area contributed by atoms with E-state index in [1.165, 1.54) is 0 Å². The molecule has 2 heterocycles. The highest BCUT2D eigenvalue weighted by Crippen LogP contribution is 2.24. The van der Waals surface area contributed by atoms with E-state index in [1.807, 2.05) is 50.2 Å². The Hall–Kier alpha value is -3.09. The van der Waals surface area contributed by atoms with Crippen LogP contribution in [0.3, 0.4) is 0 Å². The molecule has 32 heavy (non-hydrogen) atoms. The lowest BCUT2D eigenvalue weighted by Gasteiger charge is -2.18. The summed E-state index contributed by atoms with van der Waals surface area (Å²) in [4.78, 5) is 31.3. The minimum absolute atomic E-state index is 0.0204. The molecule has 0 aliphatic rings. The van der Waals surface area contributed by atoms with Gasteiger partial charge >= 0.3 is 11.8 Å². The molecule has 0 radical (unpaired) electrons. The van der Waals surface area contributed by atoms with Crippen LogP contribution in [-0.2, 0) is 24.9 Å². The molecule has 172 valence electrons. The Labute approximate surface area is 189 Å². The van der Waals surface area contributed by atoms with Crippen LogP contribution in [0, 0.1) is 11.3 Å². The topological polar surface area (TPSA) is 69.4 Å². The zero-order valence-electron chi connectivity index (χ0n) is 20.2. The van der Waals surface area contributed by atoms with Gasteiger partial charge < -0.3 is 9.64 Å². The van der Waals surface area contributed by atoms with Crippen LogP contribution in [0.1, 0.15) is 40.2 Å². The zero-order valence-corrected chi connectivity index (χ0v) is 20.2. The Morgan fingerprint density at radius 2 is 1.91 bits per heavy atom. The predicted molar refractivity (Wildman–Crippen MR) is 128 cm³/mol. The molecule has 0 aliphatic heterocycles. The number of benzene rings is 1. The second-order valence-electron chi connectivity index (χ2n) is 10.1. The fourth-order valence-electron chi connectivity index (χ4n) is 3.58. The van der Waals surface area contributed by atoms with Gasteiger partial charge in [0.15, 0.2) is 5.65 Å². The van der Waals surface area contributed by atoms with Gasteiger partial charge in [-0.25, -0.2) is 14.6 Å². The number of hydrogen-bond donors (Lipinski definition) is 0. The van der Waals surface area contributed by atoms with E-state index in [1.54, 1.807) is 28.1 Å². The lowest BCUT2D eigenvalue weighted by molar-refractivity contribution is 0.0980. The molecule has 0 unspecified atom stereocenters. The molecule has 0 aliphatic carbocycles. The average Bonchev–Trinajstić information content (AvgIpc) is 2.95. The van der Waals surface area contributed by atoms with E-state index >= 15 is 0 Å². The lowest BCUT2D eigenvalue weighted by Crippen LogP contribution is -2.28. The van der Waals surface area contributed by atoms with Crippen molar-refractivity contribution < 1.29 is 9.53 Å². The van der Waals surface area contributed by atoms with E-state index < -0.39 is 0 Å². The van der Waals surface area contributed by atoms with Gasteiger partial charge in [-0.2, -0.15) is 0 Å². The van der Waals surface area contributed by atoms with Crippen molar-refractivity contribution in [3.8, 4) is 11.3 Å². The summed E-state index contributed by atoms with van der Waals surface area (Å²) in [5.41, 5.74) is 4.11. The van der Waals surface area contributed by atoms with Crippen molar-refractivity contribution in [3.63, 3.8) is 0 Å². The van der Waals surface area contributed by atoms with Crippen LogP contribution in [0.5, 0.6) is 0 Å². The van der Waals surface area contributed by atoms with E-state index in [-0.39, 0.29) is 17.2 Å². The molecule has 1 amide bonds. The van der Waals surface area contributed by atoms with Crippen molar-refractivity contribution >= 4 is 17.3 Å². The standard InChI is InChI=1S/C25H34N4O3/c1-17(2)15-32-24(31)27(6)14-18-9-8-10-19(13-18)20-11-12-21-22(26-20)28(7)23(30)29(21)16-25(3,4)5/h8-13,17H,14-16H2,1-7H3. The molecule has 0 bridgehead atoms. The first kappa shape index (κ1) is 23.6. The van der Waals surface area contributed by atoms with Gasteiger partial charge in [-0.05, 0) is 35.1 Å². The number of amides is 1. The Morgan fingerprint density at radius 3 is 2.56 bits per heavy atom. The van der Waals surface area contributed by atoms with E-state index in [0.717, 1.165) is 22.3 Å². The maximum absolute atomic E-state index is 12.8. The van der Waals surface area contributed by atoms with Crippen LogP contribution in [0.2, 0.25) is 0 Å². The highest BCUT2D eigenvalue weighted by atomic mass is 16.6. The Morgan fingerprint density at radius 1 is 1.19 bits per heavy atom. The second-order valence-corrected chi connectivity index (χ2v) is 10.1. The Kier molecular flexibility index (Phi) is 6.77. The number of nitrogens with zero attached hydrogens (tertiary/aromatic N) is 4. The molecule has 3 rings (SSSR count). The summed E-state index contributed by atoms with van der Waals surface area (Å²) in [7, 11) is 3.49. The quantitative estimate of drug-likeness (QED) is 0.561. The SMILES string of the molecule is CC(C)COC(=O)N(C)Cc1cccc(-c2ccc3c(n2)n(C)c(=O)n3CC(C)(C)C)c1. The third-order valence-corrected chi connectivity index (χ3v) is 5.11. The highest BCUT2D eigenvalue weighted by Gasteiger charge is 2.19. The van der Waals surface area contributed by atoms with Crippen LogP contribution >= 0.6 is 0 Å². The zero-order chi connectivity index (χ0) is 23.6. The summed E-state index contributed by atoms with van der Waals surface area (Å²) in [6.45, 7) is 11.8. The number of carbonyl (C=O) groups excluding carboxylic acids is 1. The third-order valence-electron chi connectivity index (χ3n) is 5.11. The maximum atomic E-state index is 12.8. The Bertz CT molecular complexity index is 1170. The molecular formula is C25H34N4O3. The van der Waals surface area contributed by atoms with Crippen molar-refractivity contribution in [1.29, 1.82) is 0 Å². The van der Waals surface area contributed by atoms with Crippen LogP contribution in [-0.4, -0.2) is 38.8 Å². The van der Waals surface area contributed by atoms with Gasteiger partial charge in [-0.3, -0.25) is 9.13 Å². The van der Waals surface area contributed by atoms with Crippen LogP contribution in [0.4, 0.5) is 4.79 Å². The second kappa shape index (κ2) is 9.18. The molecule has 0 atom stereocenters. The van der Waals surface area contributed by atoms with Gasteiger partial charge in [0.05, 0.1) is 17.8 Å². The molecule has 3 aromatic rings. The molecule has 0 N–H and O–H groups in total. The third kappa shape index (κ3) is 5.39. The first-order chi connectivity index (χ1) is 15.0. The number of aromatic nitrogens is 3. The van der Waals surface area contributed by atoms with Crippen LogP contribution < -0.4 is 5.69 Å². The van der Waals surface area contributed by atoms with E-state index in [2.05, 4.69) is 20.8 Å². The molecule has 0 fully saturated rings. The smallest absolute Gasteiger partial charge is 0.409 e.